The molecule has 4 aliphatic carbocycles. The molecule has 9 unspecified atom stereocenters. The SMILES string of the molecule is CCCC1(C)C(C(C)(C)CC)CCC2C3(C)C1CC(C)C1C(CCCCC(C)C)CCC123. The zero-order chi connectivity index (χ0) is 23.5. The zero-order valence-corrected chi connectivity index (χ0v) is 23.5. The van der Waals surface area contributed by atoms with E-state index in [2.05, 4.69) is 62.3 Å². The third-order valence-electron chi connectivity index (χ3n) is 12.8. The van der Waals surface area contributed by atoms with Gasteiger partial charge >= 0.3 is 0 Å². The molecule has 0 aromatic rings. The highest BCUT2D eigenvalue weighted by atomic mass is 14.9. The Morgan fingerprint density at radius 1 is 0.969 bits per heavy atom. The third-order valence-corrected chi connectivity index (χ3v) is 12.8. The number of hydrogen-bond acceptors (Lipinski definition) is 0. The Labute approximate surface area is 202 Å². The summed E-state index contributed by atoms with van der Waals surface area (Å²) in [5, 5.41) is 0. The molecule has 1 spiro atoms. The summed E-state index contributed by atoms with van der Waals surface area (Å²) in [5.41, 5.74) is 2.41. The minimum absolute atomic E-state index is 0.485. The first-order valence-electron chi connectivity index (χ1n) is 15.0. The Morgan fingerprint density at radius 2 is 1.69 bits per heavy atom. The Kier molecular flexibility index (Phi) is 6.74. The molecule has 0 heteroatoms. The first kappa shape index (κ1) is 25.1. The fraction of sp³-hybridized carbons (Fsp3) is 1.00. The van der Waals surface area contributed by atoms with Gasteiger partial charge in [0.1, 0.15) is 0 Å². The maximum absolute atomic E-state index is 2.83. The summed E-state index contributed by atoms with van der Waals surface area (Å²) in [5.74, 6) is 6.84. The molecule has 0 bridgehead atoms. The van der Waals surface area contributed by atoms with Crippen LogP contribution in [0, 0.1) is 63.1 Å². The van der Waals surface area contributed by atoms with Crippen molar-refractivity contribution in [3.8, 4) is 0 Å². The van der Waals surface area contributed by atoms with E-state index in [1.54, 1.807) is 19.3 Å². The molecule has 4 aliphatic rings. The van der Waals surface area contributed by atoms with Gasteiger partial charge in [-0.2, -0.15) is 0 Å². The van der Waals surface area contributed by atoms with Crippen molar-refractivity contribution in [2.75, 3.05) is 0 Å². The van der Waals surface area contributed by atoms with E-state index in [1.807, 2.05) is 0 Å². The lowest BCUT2D eigenvalue weighted by molar-refractivity contribution is -0.0806. The van der Waals surface area contributed by atoms with Crippen LogP contribution in [-0.2, 0) is 0 Å². The monoisotopic (exact) mass is 442 g/mol. The minimum Gasteiger partial charge on any atom is -0.0654 e. The van der Waals surface area contributed by atoms with Crippen molar-refractivity contribution in [2.45, 2.75) is 139 Å². The van der Waals surface area contributed by atoms with Crippen molar-refractivity contribution in [1.29, 1.82) is 0 Å². The highest BCUT2D eigenvalue weighted by Crippen LogP contribution is 2.89. The highest BCUT2D eigenvalue weighted by Gasteiger charge is 2.84. The molecule has 0 radical (unpaired) electrons. The molecule has 0 aromatic carbocycles. The second-order valence-electron chi connectivity index (χ2n) is 14.9. The van der Waals surface area contributed by atoms with Gasteiger partial charge in [0, 0.05) is 0 Å². The van der Waals surface area contributed by atoms with E-state index in [4.69, 9.17) is 0 Å². The van der Waals surface area contributed by atoms with Crippen molar-refractivity contribution < 1.29 is 0 Å². The molecule has 186 valence electrons. The number of rotatable bonds is 9. The molecule has 0 aliphatic heterocycles. The van der Waals surface area contributed by atoms with E-state index in [-0.39, 0.29) is 0 Å². The first-order valence-corrected chi connectivity index (χ1v) is 15.0. The Morgan fingerprint density at radius 3 is 2.31 bits per heavy atom. The maximum Gasteiger partial charge on any atom is -0.0171 e. The van der Waals surface area contributed by atoms with E-state index in [0.717, 1.165) is 46.8 Å². The van der Waals surface area contributed by atoms with Crippen molar-refractivity contribution in [1.82, 2.24) is 0 Å². The molecule has 0 saturated heterocycles. The Hall–Kier alpha value is 0. The smallest absolute Gasteiger partial charge is 0.0171 e. The van der Waals surface area contributed by atoms with E-state index >= 15 is 0 Å². The van der Waals surface area contributed by atoms with Gasteiger partial charge in [0.15, 0.2) is 0 Å². The van der Waals surface area contributed by atoms with Crippen LogP contribution >= 0.6 is 0 Å². The summed E-state index contributed by atoms with van der Waals surface area (Å²) in [7, 11) is 0. The minimum atomic E-state index is 0.485. The van der Waals surface area contributed by atoms with Crippen LogP contribution in [0.15, 0.2) is 0 Å². The van der Waals surface area contributed by atoms with E-state index in [0.29, 0.717) is 16.2 Å². The standard InChI is InChI=1S/C32H58/c1-10-19-30(8)25(29(6,7)11-2)16-17-26-31(9)27(30)21-23(5)28-24(18-20-32(26,28)31)15-13-12-14-22(3)4/h22-28H,10-21H2,1-9H3. The van der Waals surface area contributed by atoms with Gasteiger partial charge in [-0.25, -0.2) is 0 Å². The average molecular weight is 443 g/mol. The number of hydrogen-bond donors (Lipinski definition) is 0. The van der Waals surface area contributed by atoms with Crippen LogP contribution in [-0.4, -0.2) is 0 Å². The lowest BCUT2D eigenvalue weighted by atomic mass is 9.48. The Balaban J connectivity index is 1.62. The van der Waals surface area contributed by atoms with Crippen LogP contribution in [0.4, 0.5) is 0 Å². The largest absolute Gasteiger partial charge is 0.0654 e. The second-order valence-corrected chi connectivity index (χ2v) is 14.9. The lowest BCUT2D eigenvalue weighted by Crippen LogP contribution is -2.50. The molecular formula is C32H58. The van der Waals surface area contributed by atoms with Crippen LogP contribution < -0.4 is 0 Å². The van der Waals surface area contributed by atoms with Gasteiger partial charge in [-0.1, -0.05) is 101 Å². The maximum atomic E-state index is 2.83. The molecule has 32 heavy (non-hydrogen) atoms. The predicted molar refractivity (Wildman–Crippen MR) is 141 cm³/mol. The van der Waals surface area contributed by atoms with Gasteiger partial charge in [0.25, 0.3) is 0 Å². The highest BCUT2D eigenvalue weighted by molar-refractivity contribution is 5.31. The van der Waals surface area contributed by atoms with Crippen LogP contribution in [0.2, 0.25) is 0 Å². The van der Waals surface area contributed by atoms with Gasteiger partial charge in [-0.15, -0.1) is 0 Å². The molecule has 0 amide bonds. The first-order chi connectivity index (χ1) is 15.0. The molecule has 0 heterocycles. The fourth-order valence-corrected chi connectivity index (χ4v) is 11.5. The molecular weight excluding hydrogens is 384 g/mol. The van der Waals surface area contributed by atoms with Crippen LogP contribution in [0.25, 0.3) is 0 Å². The summed E-state index contributed by atoms with van der Waals surface area (Å²) in [6, 6.07) is 0. The van der Waals surface area contributed by atoms with Gasteiger partial charge in [-0.05, 0) is 102 Å². The molecule has 9 atom stereocenters. The van der Waals surface area contributed by atoms with Crippen LogP contribution in [0.3, 0.4) is 0 Å². The predicted octanol–water partition coefficient (Wildman–Crippen LogP) is 10.2. The van der Waals surface area contributed by atoms with Gasteiger partial charge < -0.3 is 0 Å². The zero-order valence-electron chi connectivity index (χ0n) is 23.5. The molecule has 0 aromatic heterocycles. The van der Waals surface area contributed by atoms with Gasteiger partial charge in [0.05, 0.1) is 0 Å². The molecule has 0 N–H and O–H groups in total. The summed E-state index contributed by atoms with van der Waals surface area (Å²) in [6.07, 6.45) is 17.8. The normalized spacial score (nSPS) is 47.8. The quantitative estimate of drug-likeness (QED) is 0.311. The molecule has 4 fully saturated rings. The average Bonchev–Trinajstić information content (AvgIpc) is 3.06. The summed E-state index contributed by atoms with van der Waals surface area (Å²) >= 11 is 0. The van der Waals surface area contributed by atoms with Crippen molar-refractivity contribution in [3.63, 3.8) is 0 Å². The van der Waals surface area contributed by atoms with Gasteiger partial charge in [-0.3, -0.25) is 0 Å². The van der Waals surface area contributed by atoms with Crippen molar-refractivity contribution in [3.05, 3.63) is 0 Å². The van der Waals surface area contributed by atoms with E-state index in [9.17, 15) is 0 Å². The second kappa shape index (κ2) is 8.59. The van der Waals surface area contributed by atoms with E-state index < -0.39 is 0 Å². The van der Waals surface area contributed by atoms with Gasteiger partial charge in [0.2, 0.25) is 0 Å². The fourth-order valence-electron chi connectivity index (χ4n) is 11.5. The summed E-state index contributed by atoms with van der Waals surface area (Å²) in [4.78, 5) is 0. The van der Waals surface area contributed by atoms with Crippen molar-refractivity contribution in [2.24, 2.45) is 63.1 Å². The number of unbranched alkanes of at least 4 members (excludes halogenated alkanes) is 1. The van der Waals surface area contributed by atoms with Crippen molar-refractivity contribution >= 4 is 0 Å². The Bertz CT molecular complexity index is 659. The topological polar surface area (TPSA) is 0 Å². The molecule has 0 nitrogen and oxygen atoms in total. The lowest BCUT2D eigenvalue weighted by Gasteiger charge is -2.56. The summed E-state index contributed by atoms with van der Waals surface area (Å²) < 4.78 is 0. The van der Waals surface area contributed by atoms with Crippen LogP contribution in [0.5, 0.6) is 0 Å². The third kappa shape index (κ3) is 3.41. The van der Waals surface area contributed by atoms with E-state index in [1.165, 1.54) is 57.8 Å². The molecule has 4 saturated carbocycles. The summed E-state index contributed by atoms with van der Waals surface area (Å²) in [6.45, 7) is 23.3. The molecule has 4 rings (SSSR count). The van der Waals surface area contributed by atoms with Crippen LogP contribution in [0.1, 0.15) is 139 Å².